The highest BCUT2D eigenvalue weighted by molar-refractivity contribution is 5.92. The second-order valence-electron chi connectivity index (χ2n) is 5.95. The Hall–Kier alpha value is -2.70. The van der Waals surface area contributed by atoms with Crippen molar-refractivity contribution in [2.75, 3.05) is 0 Å². The third-order valence-electron chi connectivity index (χ3n) is 4.36. The Morgan fingerprint density at radius 2 is 2.25 bits per heavy atom. The second kappa shape index (κ2) is 6.82. The topological polar surface area (TPSA) is 88.9 Å². The van der Waals surface area contributed by atoms with E-state index in [9.17, 15) is 9.59 Å². The SMILES string of the molecule is CCc1ccnc(C(=O)N[C@@H]2CCC(=O)N[C@H]2c2ccnn2C)c1. The minimum atomic E-state index is -0.294. The van der Waals surface area contributed by atoms with Crippen LogP contribution in [0.5, 0.6) is 0 Å². The quantitative estimate of drug-likeness (QED) is 0.881. The Bertz CT molecular complexity index is 755. The number of aromatic nitrogens is 3. The van der Waals surface area contributed by atoms with Gasteiger partial charge in [-0.05, 0) is 36.6 Å². The van der Waals surface area contributed by atoms with Crippen LogP contribution >= 0.6 is 0 Å². The summed E-state index contributed by atoms with van der Waals surface area (Å²) < 4.78 is 1.71. The number of amides is 2. The van der Waals surface area contributed by atoms with Crippen molar-refractivity contribution in [1.29, 1.82) is 0 Å². The van der Waals surface area contributed by atoms with Crippen LogP contribution in [-0.4, -0.2) is 32.6 Å². The zero-order valence-corrected chi connectivity index (χ0v) is 13.8. The van der Waals surface area contributed by atoms with Gasteiger partial charge in [0.2, 0.25) is 5.91 Å². The maximum Gasteiger partial charge on any atom is 0.270 e. The summed E-state index contributed by atoms with van der Waals surface area (Å²) in [6, 6.07) is 5.06. The molecule has 126 valence electrons. The first-order valence-corrected chi connectivity index (χ1v) is 8.11. The van der Waals surface area contributed by atoms with Gasteiger partial charge in [-0.2, -0.15) is 5.10 Å². The molecular weight excluding hydrogens is 306 g/mol. The van der Waals surface area contributed by atoms with E-state index in [0.717, 1.165) is 17.7 Å². The molecule has 0 aliphatic carbocycles. The molecule has 2 aromatic rings. The number of pyridine rings is 1. The Balaban J connectivity index is 1.79. The summed E-state index contributed by atoms with van der Waals surface area (Å²) in [6.45, 7) is 2.03. The molecule has 3 heterocycles. The molecule has 2 atom stereocenters. The zero-order chi connectivity index (χ0) is 17.1. The van der Waals surface area contributed by atoms with Crippen LogP contribution in [0.1, 0.15) is 47.6 Å². The lowest BCUT2D eigenvalue weighted by molar-refractivity contribution is -0.123. The Kier molecular flexibility index (Phi) is 4.59. The predicted octanol–water partition coefficient (Wildman–Crippen LogP) is 1.13. The van der Waals surface area contributed by atoms with Gasteiger partial charge in [0, 0.05) is 25.9 Å². The molecule has 3 rings (SSSR count). The fourth-order valence-corrected chi connectivity index (χ4v) is 2.98. The predicted molar refractivity (Wildman–Crippen MR) is 88.2 cm³/mol. The van der Waals surface area contributed by atoms with Crippen molar-refractivity contribution < 1.29 is 9.59 Å². The summed E-state index contributed by atoms with van der Waals surface area (Å²) in [4.78, 5) is 28.5. The molecule has 24 heavy (non-hydrogen) atoms. The number of carbonyl (C=O) groups excluding carboxylic acids is 2. The van der Waals surface area contributed by atoms with Gasteiger partial charge < -0.3 is 10.6 Å². The summed E-state index contributed by atoms with van der Waals surface area (Å²) in [7, 11) is 1.82. The fraction of sp³-hybridized carbons (Fsp3) is 0.412. The molecule has 7 nitrogen and oxygen atoms in total. The van der Waals surface area contributed by atoms with Crippen molar-refractivity contribution in [3.05, 3.63) is 47.5 Å². The van der Waals surface area contributed by atoms with E-state index in [4.69, 9.17) is 0 Å². The summed E-state index contributed by atoms with van der Waals surface area (Å²) >= 11 is 0. The molecule has 1 saturated heterocycles. The van der Waals surface area contributed by atoms with Gasteiger partial charge in [0.15, 0.2) is 0 Å². The molecule has 1 aliphatic heterocycles. The highest BCUT2D eigenvalue weighted by Crippen LogP contribution is 2.24. The monoisotopic (exact) mass is 327 g/mol. The number of aryl methyl sites for hydroxylation is 2. The number of nitrogens with zero attached hydrogens (tertiary/aromatic N) is 3. The van der Waals surface area contributed by atoms with Crippen molar-refractivity contribution in [2.24, 2.45) is 7.05 Å². The average Bonchev–Trinajstić information content (AvgIpc) is 3.02. The van der Waals surface area contributed by atoms with Gasteiger partial charge in [-0.1, -0.05) is 6.92 Å². The van der Waals surface area contributed by atoms with Crippen molar-refractivity contribution in [2.45, 2.75) is 38.3 Å². The first-order chi connectivity index (χ1) is 11.6. The van der Waals surface area contributed by atoms with Crippen LogP contribution in [0.3, 0.4) is 0 Å². The molecule has 0 aromatic carbocycles. The molecule has 0 spiro atoms. The molecule has 2 N–H and O–H groups in total. The number of piperidine rings is 1. The van der Waals surface area contributed by atoms with E-state index in [1.54, 1.807) is 23.1 Å². The van der Waals surface area contributed by atoms with Crippen LogP contribution in [0.4, 0.5) is 0 Å². The fourth-order valence-electron chi connectivity index (χ4n) is 2.98. The van der Waals surface area contributed by atoms with E-state index >= 15 is 0 Å². The van der Waals surface area contributed by atoms with Crippen LogP contribution in [0.25, 0.3) is 0 Å². The number of nitrogens with one attached hydrogen (secondary N) is 2. The van der Waals surface area contributed by atoms with Gasteiger partial charge in [0.05, 0.1) is 17.8 Å². The summed E-state index contributed by atoms with van der Waals surface area (Å²) in [5, 5.41) is 10.1. The Morgan fingerprint density at radius 1 is 1.42 bits per heavy atom. The largest absolute Gasteiger partial charge is 0.346 e. The van der Waals surface area contributed by atoms with Gasteiger partial charge in [-0.25, -0.2) is 0 Å². The van der Waals surface area contributed by atoms with Crippen LogP contribution in [-0.2, 0) is 18.3 Å². The lowest BCUT2D eigenvalue weighted by Crippen LogP contribution is -2.50. The molecular formula is C17H21N5O2. The van der Waals surface area contributed by atoms with Gasteiger partial charge >= 0.3 is 0 Å². The van der Waals surface area contributed by atoms with Gasteiger partial charge in [0.1, 0.15) is 5.69 Å². The minimum absolute atomic E-state index is 0.0159. The van der Waals surface area contributed by atoms with Crippen LogP contribution < -0.4 is 10.6 Å². The van der Waals surface area contributed by atoms with Crippen molar-refractivity contribution in [3.8, 4) is 0 Å². The summed E-state index contributed by atoms with van der Waals surface area (Å²) in [5.74, 6) is -0.239. The molecule has 0 bridgehead atoms. The molecule has 7 heteroatoms. The van der Waals surface area contributed by atoms with E-state index in [1.807, 2.05) is 26.1 Å². The van der Waals surface area contributed by atoms with E-state index in [1.165, 1.54) is 0 Å². The summed E-state index contributed by atoms with van der Waals surface area (Å²) in [6.07, 6.45) is 5.15. The van der Waals surface area contributed by atoms with Gasteiger partial charge in [-0.3, -0.25) is 19.3 Å². The molecule has 0 unspecified atom stereocenters. The zero-order valence-electron chi connectivity index (χ0n) is 13.8. The van der Waals surface area contributed by atoms with Crippen LogP contribution in [0.15, 0.2) is 30.6 Å². The van der Waals surface area contributed by atoms with E-state index < -0.39 is 0 Å². The number of carbonyl (C=O) groups is 2. The second-order valence-corrected chi connectivity index (χ2v) is 5.95. The van der Waals surface area contributed by atoms with Crippen LogP contribution in [0, 0.1) is 0 Å². The van der Waals surface area contributed by atoms with Gasteiger partial charge in [-0.15, -0.1) is 0 Å². The van der Waals surface area contributed by atoms with E-state index in [0.29, 0.717) is 18.5 Å². The first-order valence-electron chi connectivity index (χ1n) is 8.11. The summed E-state index contributed by atoms with van der Waals surface area (Å²) in [5.41, 5.74) is 2.33. The Labute approximate surface area is 140 Å². The van der Waals surface area contributed by atoms with Gasteiger partial charge in [0.25, 0.3) is 5.91 Å². The highest BCUT2D eigenvalue weighted by Gasteiger charge is 2.33. The van der Waals surface area contributed by atoms with Crippen molar-refractivity contribution >= 4 is 11.8 Å². The van der Waals surface area contributed by atoms with E-state index in [-0.39, 0.29) is 23.9 Å². The molecule has 1 aliphatic rings. The third kappa shape index (κ3) is 3.29. The smallest absolute Gasteiger partial charge is 0.270 e. The van der Waals surface area contributed by atoms with E-state index in [2.05, 4.69) is 20.7 Å². The minimum Gasteiger partial charge on any atom is -0.346 e. The molecule has 0 radical (unpaired) electrons. The normalized spacial score (nSPS) is 20.5. The van der Waals surface area contributed by atoms with Crippen molar-refractivity contribution in [3.63, 3.8) is 0 Å². The number of rotatable bonds is 4. The first kappa shape index (κ1) is 16.2. The molecule has 2 amide bonds. The molecule has 2 aromatic heterocycles. The maximum atomic E-state index is 12.6. The van der Waals surface area contributed by atoms with Crippen LogP contribution in [0.2, 0.25) is 0 Å². The number of hydrogen-bond donors (Lipinski definition) is 2. The van der Waals surface area contributed by atoms with Crippen molar-refractivity contribution in [1.82, 2.24) is 25.4 Å². The Morgan fingerprint density at radius 3 is 2.96 bits per heavy atom. The maximum absolute atomic E-state index is 12.6. The lowest BCUT2D eigenvalue weighted by Gasteiger charge is -2.32. The standard InChI is InChI=1S/C17H21N5O2/c1-3-11-6-8-18-13(10-11)17(24)20-12-4-5-15(23)21-16(12)14-7-9-19-22(14)2/h6-10,12,16H,3-5H2,1-2H3,(H,20,24)(H,21,23)/t12-,16-/m1/s1. The molecule has 1 fully saturated rings. The number of hydrogen-bond acceptors (Lipinski definition) is 4. The lowest BCUT2D eigenvalue weighted by atomic mass is 9.95. The average molecular weight is 327 g/mol. The third-order valence-corrected chi connectivity index (χ3v) is 4.36. The molecule has 0 saturated carbocycles. The highest BCUT2D eigenvalue weighted by atomic mass is 16.2.